The highest BCUT2D eigenvalue weighted by Gasteiger charge is 2.02. The Bertz CT molecular complexity index is 351. The number of hydrogen-bond donors (Lipinski definition) is 1. The number of carbonyl (C=O) groups is 1. The minimum Gasteiger partial charge on any atom is -0.356 e. The van der Waals surface area contributed by atoms with Crippen LogP contribution in [-0.4, -0.2) is 22.4 Å². The van der Waals surface area contributed by atoms with Crippen molar-refractivity contribution in [2.75, 3.05) is 12.3 Å². The fourth-order valence-corrected chi connectivity index (χ4v) is 2.48. The molecule has 3 nitrogen and oxygen atoms in total. The van der Waals surface area contributed by atoms with E-state index in [0.29, 0.717) is 12.3 Å². The van der Waals surface area contributed by atoms with Crippen molar-refractivity contribution in [1.29, 1.82) is 0 Å². The van der Waals surface area contributed by atoms with E-state index in [2.05, 4.69) is 5.32 Å². The first-order valence-corrected chi connectivity index (χ1v) is 6.70. The zero-order valence-electron chi connectivity index (χ0n) is 9.44. The van der Waals surface area contributed by atoms with Gasteiger partial charge in [0, 0.05) is 24.1 Å². The van der Waals surface area contributed by atoms with Gasteiger partial charge in [0.15, 0.2) is 0 Å². The second kappa shape index (κ2) is 7.17. The van der Waals surface area contributed by atoms with E-state index in [1.165, 1.54) is 6.92 Å². The van der Waals surface area contributed by atoms with Gasteiger partial charge in [-0.15, -0.1) is 0 Å². The van der Waals surface area contributed by atoms with E-state index in [-0.39, 0.29) is 5.91 Å². The summed E-state index contributed by atoms with van der Waals surface area (Å²) in [6.07, 6.45) is 1.74. The fourth-order valence-electron chi connectivity index (χ4n) is 1.31. The summed E-state index contributed by atoms with van der Waals surface area (Å²) in [4.78, 5) is 11.5. The Morgan fingerprint density at radius 2 is 1.94 bits per heavy atom. The van der Waals surface area contributed by atoms with Crippen molar-refractivity contribution in [3.8, 4) is 0 Å². The summed E-state index contributed by atoms with van der Waals surface area (Å²) in [6.45, 7) is 2.17. The first-order valence-electron chi connectivity index (χ1n) is 5.38. The van der Waals surface area contributed by atoms with E-state index < -0.39 is 10.8 Å². The Kier molecular flexibility index (Phi) is 5.78. The second-order valence-corrected chi connectivity index (χ2v) is 5.12. The summed E-state index contributed by atoms with van der Waals surface area (Å²) in [5.41, 5.74) is 0. The molecular formula is C12H17NO2S. The van der Waals surface area contributed by atoms with Crippen LogP contribution in [0.5, 0.6) is 0 Å². The van der Waals surface area contributed by atoms with E-state index in [4.69, 9.17) is 0 Å². The molecular weight excluding hydrogens is 222 g/mol. The van der Waals surface area contributed by atoms with Gasteiger partial charge in [0.25, 0.3) is 0 Å². The lowest BCUT2D eigenvalue weighted by Crippen LogP contribution is -2.21. The van der Waals surface area contributed by atoms with Crippen LogP contribution in [0.1, 0.15) is 19.8 Å². The number of rotatable bonds is 6. The van der Waals surface area contributed by atoms with Gasteiger partial charge in [-0.25, -0.2) is 0 Å². The Morgan fingerprint density at radius 3 is 2.56 bits per heavy atom. The number of nitrogens with one attached hydrogen (secondary N) is 1. The van der Waals surface area contributed by atoms with Crippen LogP contribution in [0.15, 0.2) is 35.2 Å². The minimum atomic E-state index is -0.910. The minimum absolute atomic E-state index is 0.0100. The van der Waals surface area contributed by atoms with Crippen LogP contribution in [0, 0.1) is 0 Å². The quantitative estimate of drug-likeness (QED) is 0.768. The van der Waals surface area contributed by atoms with Crippen molar-refractivity contribution in [3.63, 3.8) is 0 Å². The lowest BCUT2D eigenvalue weighted by Gasteiger charge is -2.03. The van der Waals surface area contributed by atoms with E-state index in [1.54, 1.807) is 0 Å². The Morgan fingerprint density at radius 1 is 1.25 bits per heavy atom. The molecule has 0 aliphatic heterocycles. The lowest BCUT2D eigenvalue weighted by atomic mass is 10.3. The monoisotopic (exact) mass is 239 g/mol. The van der Waals surface area contributed by atoms with Crippen molar-refractivity contribution in [3.05, 3.63) is 30.3 Å². The molecule has 0 aromatic heterocycles. The Balaban J connectivity index is 2.19. The largest absolute Gasteiger partial charge is 0.356 e. The molecule has 0 saturated heterocycles. The summed E-state index contributed by atoms with van der Waals surface area (Å²) in [7, 11) is -0.910. The molecule has 0 fully saturated rings. The molecule has 1 amide bonds. The van der Waals surface area contributed by atoms with Crippen LogP contribution >= 0.6 is 0 Å². The molecule has 0 radical (unpaired) electrons. The van der Waals surface area contributed by atoms with Crippen LogP contribution in [0.4, 0.5) is 0 Å². The maximum atomic E-state index is 11.8. The average Bonchev–Trinajstić information content (AvgIpc) is 2.29. The molecule has 1 unspecified atom stereocenters. The lowest BCUT2D eigenvalue weighted by molar-refractivity contribution is -0.118. The molecule has 1 rings (SSSR count). The second-order valence-electron chi connectivity index (χ2n) is 3.55. The highest BCUT2D eigenvalue weighted by Crippen LogP contribution is 2.07. The van der Waals surface area contributed by atoms with E-state index >= 15 is 0 Å². The number of amides is 1. The highest BCUT2D eigenvalue weighted by atomic mass is 32.2. The summed E-state index contributed by atoms with van der Waals surface area (Å²) >= 11 is 0. The molecule has 0 heterocycles. The summed E-state index contributed by atoms with van der Waals surface area (Å²) in [5, 5.41) is 2.72. The predicted molar refractivity (Wildman–Crippen MR) is 65.6 cm³/mol. The molecule has 0 aliphatic carbocycles. The summed E-state index contributed by atoms with van der Waals surface area (Å²) in [6, 6.07) is 9.46. The van der Waals surface area contributed by atoms with Crippen LogP contribution in [-0.2, 0) is 15.6 Å². The Hall–Kier alpha value is -1.16. The Labute approximate surface area is 98.7 Å². The van der Waals surface area contributed by atoms with Gasteiger partial charge in [-0.3, -0.25) is 9.00 Å². The highest BCUT2D eigenvalue weighted by molar-refractivity contribution is 7.85. The third-order valence-corrected chi connectivity index (χ3v) is 3.59. The fraction of sp³-hybridized carbons (Fsp3) is 0.417. The zero-order valence-corrected chi connectivity index (χ0v) is 10.3. The van der Waals surface area contributed by atoms with Crippen molar-refractivity contribution in [2.45, 2.75) is 24.7 Å². The van der Waals surface area contributed by atoms with Gasteiger partial charge in [-0.2, -0.15) is 0 Å². The number of hydrogen-bond acceptors (Lipinski definition) is 2. The van der Waals surface area contributed by atoms with Gasteiger partial charge in [0.1, 0.15) is 0 Å². The first kappa shape index (κ1) is 12.9. The molecule has 0 spiro atoms. The van der Waals surface area contributed by atoms with Crippen LogP contribution in [0.2, 0.25) is 0 Å². The van der Waals surface area contributed by atoms with Crippen molar-refractivity contribution in [2.24, 2.45) is 0 Å². The van der Waals surface area contributed by atoms with Gasteiger partial charge in [-0.05, 0) is 25.0 Å². The van der Waals surface area contributed by atoms with Gasteiger partial charge >= 0.3 is 0 Å². The van der Waals surface area contributed by atoms with Crippen LogP contribution in [0.3, 0.4) is 0 Å². The number of unbranched alkanes of at least 4 members (excludes halogenated alkanes) is 1. The molecule has 1 N–H and O–H groups in total. The number of benzene rings is 1. The summed E-state index contributed by atoms with van der Waals surface area (Å²) < 4.78 is 11.8. The van der Waals surface area contributed by atoms with Gasteiger partial charge < -0.3 is 5.32 Å². The van der Waals surface area contributed by atoms with Gasteiger partial charge in [0.2, 0.25) is 5.91 Å². The molecule has 1 atom stereocenters. The molecule has 88 valence electrons. The molecule has 16 heavy (non-hydrogen) atoms. The molecule has 1 aromatic rings. The smallest absolute Gasteiger partial charge is 0.216 e. The van der Waals surface area contributed by atoms with E-state index in [9.17, 15) is 9.00 Å². The van der Waals surface area contributed by atoms with Crippen molar-refractivity contribution in [1.82, 2.24) is 5.32 Å². The molecule has 0 saturated carbocycles. The van der Waals surface area contributed by atoms with Gasteiger partial charge in [-0.1, -0.05) is 18.2 Å². The first-order chi connectivity index (χ1) is 7.70. The third kappa shape index (κ3) is 5.07. The maximum absolute atomic E-state index is 11.8. The molecule has 1 aromatic carbocycles. The normalized spacial score (nSPS) is 12.1. The van der Waals surface area contributed by atoms with Gasteiger partial charge in [0.05, 0.1) is 10.8 Å². The van der Waals surface area contributed by atoms with Crippen molar-refractivity contribution < 1.29 is 9.00 Å². The maximum Gasteiger partial charge on any atom is 0.216 e. The summed E-state index contributed by atoms with van der Waals surface area (Å²) in [5.74, 6) is 0.646. The molecule has 4 heteroatoms. The van der Waals surface area contributed by atoms with E-state index in [1.807, 2.05) is 30.3 Å². The van der Waals surface area contributed by atoms with E-state index in [0.717, 1.165) is 17.7 Å². The van der Waals surface area contributed by atoms with Crippen LogP contribution in [0.25, 0.3) is 0 Å². The predicted octanol–water partition coefficient (Wildman–Crippen LogP) is 1.71. The number of carbonyl (C=O) groups excluding carboxylic acids is 1. The SMILES string of the molecule is CC(=O)NCCCCS(=O)c1ccccc1. The molecule has 0 bridgehead atoms. The standard InChI is InChI=1S/C12H17NO2S/c1-11(14)13-9-5-6-10-16(15)12-7-3-2-4-8-12/h2-4,7-8H,5-6,9-10H2,1H3,(H,13,14). The zero-order chi connectivity index (χ0) is 11.8. The van der Waals surface area contributed by atoms with Crippen molar-refractivity contribution >= 4 is 16.7 Å². The average molecular weight is 239 g/mol. The van der Waals surface area contributed by atoms with Crippen LogP contribution < -0.4 is 5.32 Å². The topological polar surface area (TPSA) is 46.2 Å². The third-order valence-electron chi connectivity index (χ3n) is 2.14. The molecule has 0 aliphatic rings.